The highest BCUT2D eigenvalue weighted by atomic mass is 31.2. The van der Waals surface area contributed by atoms with Gasteiger partial charge in [0, 0.05) is 7.05 Å². The third-order valence-corrected chi connectivity index (χ3v) is 2.68. The van der Waals surface area contributed by atoms with Crippen molar-refractivity contribution in [1.82, 2.24) is 14.8 Å². The predicted octanol–water partition coefficient (Wildman–Crippen LogP) is 0.372. The van der Waals surface area contributed by atoms with Crippen molar-refractivity contribution in [1.29, 1.82) is 0 Å². The fourth-order valence-corrected chi connectivity index (χ4v) is 2.10. The van der Waals surface area contributed by atoms with E-state index in [0.717, 1.165) is 0 Å². The summed E-state index contributed by atoms with van der Waals surface area (Å²) in [4.78, 5) is 4.07. The van der Waals surface area contributed by atoms with Crippen LogP contribution in [0.4, 0.5) is 0 Å². The molecular formula is C6H12N3OP. The van der Waals surface area contributed by atoms with Crippen LogP contribution < -0.4 is 5.57 Å². The molecule has 0 unspecified atom stereocenters. The standard InChI is InChI=1S/C6H12N3OP/c1-5-7-6(9(2)8-5)11(3,4)10/h1-4H3. The first kappa shape index (κ1) is 8.47. The highest BCUT2D eigenvalue weighted by Gasteiger charge is 2.17. The van der Waals surface area contributed by atoms with E-state index in [9.17, 15) is 4.57 Å². The quantitative estimate of drug-likeness (QED) is 0.576. The summed E-state index contributed by atoms with van der Waals surface area (Å²) in [5.41, 5.74) is 0.593. The second-order valence-electron chi connectivity index (χ2n) is 2.93. The Morgan fingerprint density at radius 1 is 1.45 bits per heavy atom. The fourth-order valence-electron chi connectivity index (χ4n) is 0.970. The molecule has 0 aliphatic carbocycles. The van der Waals surface area contributed by atoms with Gasteiger partial charge in [0.2, 0.25) is 0 Å². The maximum atomic E-state index is 11.5. The van der Waals surface area contributed by atoms with Crippen molar-refractivity contribution in [3.05, 3.63) is 5.82 Å². The van der Waals surface area contributed by atoms with Gasteiger partial charge in [-0.05, 0) is 20.3 Å². The zero-order valence-electron chi connectivity index (χ0n) is 7.20. The molecule has 0 saturated heterocycles. The van der Waals surface area contributed by atoms with Crippen molar-refractivity contribution in [2.24, 2.45) is 7.05 Å². The van der Waals surface area contributed by atoms with E-state index in [1.807, 2.05) is 0 Å². The Balaban J connectivity index is 3.24. The topological polar surface area (TPSA) is 47.8 Å². The Hall–Kier alpha value is -0.630. The molecule has 1 heterocycles. The van der Waals surface area contributed by atoms with E-state index >= 15 is 0 Å². The molecule has 62 valence electrons. The number of hydrogen-bond donors (Lipinski definition) is 0. The molecule has 0 saturated carbocycles. The first-order valence-electron chi connectivity index (χ1n) is 3.34. The van der Waals surface area contributed by atoms with Gasteiger partial charge in [0.05, 0.1) is 0 Å². The van der Waals surface area contributed by atoms with Gasteiger partial charge in [-0.25, -0.2) is 9.67 Å². The van der Waals surface area contributed by atoms with E-state index in [-0.39, 0.29) is 0 Å². The van der Waals surface area contributed by atoms with Crippen LogP contribution >= 0.6 is 7.14 Å². The molecule has 11 heavy (non-hydrogen) atoms. The molecule has 0 aromatic carbocycles. The molecule has 0 spiro atoms. The Labute approximate surface area is 66.0 Å². The van der Waals surface area contributed by atoms with Crippen LogP contribution in [-0.4, -0.2) is 28.1 Å². The molecule has 0 fully saturated rings. The van der Waals surface area contributed by atoms with E-state index in [4.69, 9.17) is 0 Å². The van der Waals surface area contributed by atoms with Crippen LogP contribution in [0, 0.1) is 6.92 Å². The Kier molecular flexibility index (Phi) is 1.89. The SMILES string of the molecule is Cc1nc(P(C)(C)=O)n(C)n1. The number of hydrogen-bond acceptors (Lipinski definition) is 3. The highest BCUT2D eigenvalue weighted by molar-refractivity contribution is 7.69. The second-order valence-corrected chi connectivity index (χ2v) is 6.04. The first-order chi connectivity index (χ1) is 4.91. The number of aryl methyl sites for hydroxylation is 2. The van der Waals surface area contributed by atoms with Gasteiger partial charge in [0.15, 0.2) is 5.57 Å². The lowest BCUT2D eigenvalue weighted by molar-refractivity contribution is 0.585. The molecule has 0 aliphatic heterocycles. The van der Waals surface area contributed by atoms with Gasteiger partial charge >= 0.3 is 0 Å². The number of rotatable bonds is 1. The summed E-state index contributed by atoms with van der Waals surface area (Å²) in [7, 11) is -0.487. The molecule has 1 aromatic heterocycles. The van der Waals surface area contributed by atoms with Crippen molar-refractivity contribution >= 4 is 12.7 Å². The van der Waals surface area contributed by atoms with Crippen LogP contribution in [-0.2, 0) is 11.6 Å². The van der Waals surface area contributed by atoms with Gasteiger partial charge in [0.25, 0.3) is 0 Å². The molecule has 5 heteroatoms. The molecule has 4 nitrogen and oxygen atoms in total. The predicted molar refractivity (Wildman–Crippen MR) is 44.8 cm³/mol. The molecule has 0 aliphatic rings. The summed E-state index contributed by atoms with van der Waals surface area (Å²) < 4.78 is 13.1. The van der Waals surface area contributed by atoms with Crippen LogP contribution in [0.5, 0.6) is 0 Å². The maximum Gasteiger partial charge on any atom is 0.186 e. The van der Waals surface area contributed by atoms with Gasteiger partial charge < -0.3 is 4.57 Å². The van der Waals surface area contributed by atoms with Crippen LogP contribution in [0.15, 0.2) is 0 Å². The Morgan fingerprint density at radius 2 is 2.00 bits per heavy atom. The highest BCUT2D eigenvalue weighted by Crippen LogP contribution is 2.32. The Morgan fingerprint density at radius 3 is 2.18 bits per heavy atom. The molecule has 1 rings (SSSR count). The van der Waals surface area contributed by atoms with Gasteiger partial charge in [-0.1, -0.05) is 0 Å². The lowest BCUT2D eigenvalue weighted by Crippen LogP contribution is -2.16. The van der Waals surface area contributed by atoms with Crippen LogP contribution in [0.3, 0.4) is 0 Å². The van der Waals surface area contributed by atoms with Crippen molar-refractivity contribution < 1.29 is 4.57 Å². The summed E-state index contributed by atoms with van der Waals surface area (Å²) in [6.45, 7) is 5.17. The summed E-state index contributed by atoms with van der Waals surface area (Å²) in [6, 6.07) is 0. The lowest BCUT2D eigenvalue weighted by Gasteiger charge is -2.02. The van der Waals surface area contributed by atoms with E-state index < -0.39 is 7.14 Å². The van der Waals surface area contributed by atoms with Crippen molar-refractivity contribution in [3.63, 3.8) is 0 Å². The molecule has 0 N–H and O–H groups in total. The average Bonchev–Trinajstić information content (AvgIpc) is 2.08. The van der Waals surface area contributed by atoms with Crippen LogP contribution in [0.1, 0.15) is 5.82 Å². The summed E-state index contributed by atoms with van der Waals surface area (Å²) in [6.07, 6.45) is 0. The van der Waals surface area contributed by atoms with Crippen LogP contribution in [0.25, 0.3) is 0 Å². The van der Waals surface area contributed by atoms with Crippen LogP contribution in [0.2, 0.25) is 0 Å². The van der Waals surface area contributed by atoms with Crippen molar-refractivity contribution in [3.8, 4) is 0 Å². The average molecular weight is 173 g/mol. The summed E-state index contributed by atoms with van der Waals surface area (Å²) >= 11 is 0. The molecular weight excluding hydrogens is 161 g/mol. The second kappa shape index (κ2) is 2.45. The molecule has 0 atom stereocenters. The van der Waals surface area contributed by atoms with Gasteiger partial charge in [-0.2, -0.15) is 5.10 Å². The molecule has 1 aromatic rings. The maximum absolute atomic E-state index is 11.5. The zero-order chi connectivity index (χ0) is 8.65. The number of aromatic nitrogens is 3. The van der Waals surface area contributed by atoms with E-state index in [0.29, 0.717) is 11.4 Å². The minimum Gasteiger partial charge on any atom is -0.316 e. The minimum atomic E-state index is -2.25. The third kappa shape index (κ3) is 1.69. The molecule has 0 bridgehead atoms. The smallest absolute Gasteiger partial charge is 0.186 e. The van der Waals surface area contributed by atoms with Crippen molar-refractivity contribution in [2.45, 2.75) is 6.92 Å². The van der Waals surface area contributed by atoms with Gasteiger partial charge in [0.1, 0.15) is 13.0 Å². The molecule has 0 radical (unpaired) electrons. The summed E-state index contributed by atoms with van der Waals surface area (Å²) in [5.74, 6) is 0.673. The largest absolute Gasteiger partial charge is 0.316 e. The van der Waals surface area contributed by atoms with Gasteiger partial charge in [-0.3, -0.25) is 0 Å². The van der Waals surface area contributed by atoms with E-state index in [1.165, 1.54) is 0 Å². The van der Waals surface area contributed by atoms with Crippen molar-refractivity contribution in [2.75, 3.05) is 13.3 Å². The first-order valence-corrected chi connectivity index (χ1v) is 5.94. The van der Waals surface area contributed by atoms with E-state index in [2.05, 4.69) is 10.1 Å². The van der Waals surface area contributed by atoms with E-state index in [1.54, 1.807) is 32.0 Å². The summed E-state index contributed by atoms with van der Waals surface area (Å²) in [5, 5.41) is 4.01. The Bertz CT molecular complexity index is 312. The zero-order valence-corrected chi connectivity index (χ0v) is 8.09. The molecule has 0 amide bonds. The fraction of sp³-hybridized carbons (Fsp3) is 0.667. The lowest BCUT2D eigenvalue weighted by atomic mass is 10.8. The van der Waals surface area contributed by atoms with Gasteiger partial charge in [-0.15, -0.1) is 0 Å². The monoisotopic (exact) mass is 173 g/mol. The number of nitrogens with zero attached hydrogens (tertiary/aromatic N) is 3. The third-order valence-electron chi connectivity index (χ3n) is 1.33. The normalized spacial score (nSPS) is 12.0. The minimum absolute atomic E-state index is 0.593.